The number of anilines is 1. The van der Waals surface area contributed by atoms with Gasteiger partial charge >= 0.3 is 0 Å². The molecular weight excluding hydrogens is 657 g/mol. The van der Waals surface area contributed by atoms with Crippen LogP contribution in [0.5, 0.6) is 5.75 Å². The van der Waals surface area contributed by atoms with Crippen LogP contribution in [0.4, 0.5) is 5.69 Å². The molecule has 47 heavy (non-hydrogen) atoms. The third-order valence-corrected chi connectivity index (χ3v) is 10.0. The van der Waals surface area contributed by atoms with E-state index in [1.165, 1.54) is 17.0 Å². The fourth-order valence-electron chi connectivity index (χ4n) is 5.02. The maximum Gasteiger partial charge on any atom is 0.264 e. The number of hydrogen-bond donors (Lipinski definition) is 1. The van der Waals surface area contributed by atoms with Crippen LogP contribution in [0.1, 0.15) is 37.8 Å². The summed E-state index contributed by atoms with van der Waals surface area (Å²) in [6.07, 6.45) is 1.86. The third-order valence-electron chi connectivity index (χ3n) is 7.48. The van der Waals surface area contributed by atoms with E-state index in [9.17, 15) is 18.0 Å². The van der Waals surface area contributed by atoms with Crippen molar-refractivity contribution in [1.29, 1.82) is 0 Å². The Balaban J connectivity index is 1.77. The SMILES string of the molecule is CCCCNC(=O)[C@H](Cc1ccccc1)N(Cc1ccc(Cl)c(Cl)c1)C(=O)CN(c1ccccc1)S(=O)(=O)c1ccc(OCC)cc1. The number of hydrogen-bond acceptors (Lipinski definition) is 5. The zero-order chi connectivity index (χ0) is 33.8. The Kier molecular flexibility index (Phi) is 13.1. The number of benzene rings is 4. The highest BCUT2D eigenvalue weighted by Crippen LogP contribution is 2.27. The summed E-state index contributed by atoms with van der Waals surface area (Å²) in [5.41, 5.74) is 1.78. The molecule has 4 aromatic rings. The third kappa shape index (κ3) is 9.73. The second kappa shape index (κ2) is 17.2. The number of rotatable bonds is 16. The lowest BCUT2D eigenvalue weighted by Crippen LogP contribution is -2.53. The lowest BCUT2D eigenvalue weighted by Gasteiger charge is -2.34. The predicted molar refractivity (Wildman–Crippen MR) is 187 cm³/mol. The topological polar surface area (TPSA) is 96.0 Å². The van der Waals surface area contributed by atoms with Crippen molar-refractivity contribution in [2.75, 3.05) is 24.0 Å². The smallest absolute Gasteiger partial charge is 0.264 e. The minimum Gasteiger partial charge on any atom is -0.494 e. The highest BCUT2D eigenvalue weighted by Gasteiger charge is 2.34. The Hall–Kier alpha value is -4.05. The summed E-state index contributed by atoms with van der Waals surface area (Å²) in [6, 6.07) is 27.9. The van der Waals surface area contributed by atoms with Crippen LogP contribution in [0.3, 0.4) is 0 Å². The van der Waals surface area contributed by atoms with Gasteiger partial charge in [-0.3, -0.25) is 13.9 Å². The molecule has 0 spiro atoms. The van der Waals surface area contributed by atoms with Crippen molar-refractivity contribution in [3.05, 3.63) is 124 Å². The lowest BCUT2D eigenvalue weighted by atomic mass is 10.0. The van der Waals surface area contributed by atoms with Crippen LogP contribution in [0.2, 0.25) is 10.0 Å². The average Bonchev–Trinajstić information content (AvgIpc) is 3.08. The molecular formula is C36H39Cl2N3O5S. The number of amides is 2. The molecule has 2 amide bonds. The molecule has 4 rings (SSSR count). The highest BCUT2D eigenvalue weighted by molar-refractivity contribution is 7.92. The van der Waals surface area contributed by atoms with E-state index >= 15 is 0 Å². The molecule has 0 aliphatic carbocycles. The molecule has 8 nitrogen and oxygen atoms in total. The first-order chi connectivity index (χ1) is 22.6. The molecule has 11 heteroatoms. The van der Waals surface area contributed by atoms with Crippen LogP contribution < -0.4 is 14.4 Å². The van der Waals surface area contributed by atoms with Crippen LogP contribution in [-0.4, -0.2) is 50.9 Å². The first-order valence-electron chi connectivity index (χ1n) is 15.5. The van der Waals surface area contributed by atoms with Gasteiger partial charge in [-0.1, -0.05) is 91.1 Å². The van der Waals surface area contributed by atoms with Gasteiger partial charge < -0.3 is 15.0 Å². The maximum atomic E-state index is 14.5. The summed E-state index contributed by atoms with van der Waals surface area (Å²) >= 11 is 12.5. The van der Waals surface area contributed by atoms with Gasteiger partial charge in [0.1, 0.15) is 18.3 Å². The Morgan fingerprint density at radius 3 is 2.11 bits per heavy atom. The summed E-state index contributed by atoms with van der Waals surface area (Å²) in [5.74, 6) is -0.378. The normalized spacial score (nSPS) is 11.8. The van der Waals surface area contributed by atoms with E-state index in [1.54, 1.807) is 60.7 Å². The number of halogens is 2. The van der Waals surface area contributed by atoms with Gasteiger partial charge in [-0.25, -0.2) is 8.42 Å². The maximum absolute atomic E-state index is 14.5. The van der Waals surface area contributed by atoms with Crippen molar-refractivity contribution in [3.63, 3.8) is 0 Å². The number of para-hydroxylation sites is 1. The van der Waals surface area contributed by atoms with E-state index < -0.39 is 28.5 Å². The molecule has 0 unspecified atom stereocenters. The number of unbranched alkanes of at least 4 members (excludes halogenated alkanes) is 1. The molecule has 0 saturated heterocycles. The largest absolute Gasteiger partial charge is 0.494 e. The lowest BCUT2D eigenvalue weighted by molar-refractivity contribution is -0.140. The number of nitrogens with one attached hydrogen (secondary N) is 1. The average molecular weight is 697 g/mol. The van der Waals surface area contributed by atoms with Crippen molar-refractivity contribution >= 4 is 50.7 Å². The Labute approximate surface area is 287 Å². The highest BCUT2D eigenvalue weighted by atomic mass is 35.5. The van der Waals surface area contributed by atoms with Crippen molar-refractivity contribution in [2.45, 2.75) is 50.6 Å². The van der Waals surface area contributed by atoms with Gasteiger partial charge in [0.25, 0.3) is 10.0 Å². The molecule has 248 valence electrons. The van der Waals surface area contributed by atoms with E-state index in [4.69, 9.17) is 27.9 Å². The molecule has 1 N–H and O–H groups in total. The van der Waals surface area contributed by atoms with Gasteiger partial charge in [0.2, 0.25) is 11.8 Å². The van der Waals surface area contributed by atoms with Crippen LogP contribution in [-0.2, 0) is 32.6 Å². The molecule has 0 fully saturated rings. The van der Waals surface area contributed by atoms with Gasteiger partial charge in [-0.05, 0) is 73.0 Å². The molecule has 0 saturated carbocycles. The Bertz CT molecular complexity index is 1720. The molecule has 0 aliphatic rings. The van der Waals surface area contributed by atoms with E-state index in [-0.39, 0.29) is 23.8 Å². The number of carbonyl (C=O) groups excluding carboxylic acids is 2. The molecule has 0 aliphatic heterocycles. The molecule has 0 aromatic heterocycles. The minimum absolute atomic E-state index is 0.00761. The monoisotopic (exact) mass is 695 g/mol. The van der Waals surface area contributed by atoms with Crippen LogP contribution in [0, 0.1) is 0 Å². The van der Waals surface area contributed by atoms with E-state index in [2.05, 4.69) is 5.32 Å². The Morgan fingerprint density at radius 2 is 1.49 bits per heavy atom. The van der Waals surface area contributed by atoms with Gasteiger partial charge in [0.15, 0.2) is 0 Å². The van der Waals surface area contributed by atoms with E-state index in [0.717, 1.165) is 22.7 Å². The summed E-state index contributed by atoms with van der Waals surface area (Å²) in [5, 5.41) is 3.63. The minimum atomic E-state index is -4.23. The zero-order valence-corrected chi connectivity index (χ0v) is 28.8. The van der Waals surface area contributed by atoms with Crippen molar-refractivity contribution in [1.82, 2.24) is 10.2 Å². The van der Waals surface area contributed by atoms with Gasteiger partial charge in [-0.2, -0.15) is 0 Å². The van der Waals surface area contributed by atoms with Crippen molar-refractivity contribution in [3.8, 4) is 5.75 Å². The number of carbonyl (C=O) groups is 2. The first-order valence-corrected chi connectivity index (χ1v) is 17.7. The standard InChI is InChI=1S/C36H39Cl2N3O5S/c1-3-5-22-39-36(43)34(24-27-12-8-6-9-13-27)40(25-28-16-21-32(37)33(38)23-28)35(42)26-41(29-14-10-7-11-15-29)47(44,45)31-19-17-30(18-20-31)46-4-2/h6-21,23,34H,3-5,22,24-26H2,1-2H3,(H,39,43)/t34-/m0/s1. The van der Waals surface area contributed by atoms with Crippen molar-refractivity contribution in [2.24, 2.45) is 0 Å². The summed E-state index contributed by atoms with van der Waals surface area (Å²) < 4.78 is 34.9. The van der Waals surface area contributed by atoms with Crippen LogP contribution >= 0.6 is 23.2 Å². The predicted octanol–water partition coefficient (Wildman–Crippen LogP) is 7.14. The molecule has 0 bridgehead atoms. The molecule has 0 heterocycles. The Morgan fingerprint density at radius 1 is 0.830 bits per heavy atom. The van der Waals surface area contributed by atoms with Gasteiger partial charge in [-0.15, -0.1) is 0 Å². The van der Waals surface area contributed by atoms with Crippen LogP contribution in [0.25, 0.3) is 0 Å². The number of sulfonamides is 1. The molecule has 4 aromatic carbocycles. The fraction of sp³-hybridized carbons (Fsp3) is 0.278. The van der Waals surface area contributed by atoms with Gasteiger partial charge in [0.05, 0.1) is 27.2 Å². The van der Waals surface area contributed by atoms with E-state index in [0.29, 0.717) is 40.2 Å². The number of ether oxygens (including phenoxy) is 1. The second-order valence-corrected chi connectivity index (χ2v) is 13.5. The van der Waals surface area contributed by atoms with Crippen LogP contribution in [0.15, 0.2) is 108 Å². The molecule has 1 atom stereocenters. The second-order valence-electron chi connectivity index (χ2n) is 10.9. The van der Waals surface area contributed by atoms with Gasteiger partial charge in [0, 0.05) is 19.5 Å². The summed E-state index contributed by atoms with van der Waals surface area (Å²) in [6.45, 7) is 4.16. The molecule has 0 radical (unpaired) electrons. The fourth-order valence-corrected chi connectivity index (χ4v) is 6.75. The first kappa shape index (κ1) is 35.8. The zero-order valence-electron chi connectivity index (χ0n) is 26.4. The summed E-state index contributed by atoms with van der Waals surface area (Å²) in [7, 11) is -4.23. The summed E-state index contributed by atoms with van der Waals surface area (Å²) in [4.78, 5) is 29.8. The quantitative estimate of drug-likeness (QED) is 0.126. The van der Waals surface area contributed by atoms with Crippen molar-refractivity contribution < 1.29 is 22.7 Å². The number of nitrogens with zero attached hydrogens (tertiary/aromatic N) is 2. The van der Waals surface area contributed by atoms with E-state index in [1.807, 2.05) is 44.2 Å².